The Kier molecular flexibility index (Phi) is 1.39. The topological polar surface area (TPSA) is 0 Å². The molecule has 0 saturated carbocycles. The zero-order valence-electron chi connectivity index (χ0n) is 5.41. The smallest absolute Gasteiger partial charge is 0.00986 e. The fourth-order valence-electron chi connectivity index (χ4n) is 0.684. The molecule has 1 aromatic heterocycles. The SMILES string of the molecule is Cc1[c]c(C)c(C)s1. The van der Waals surface area contributed by atoms with Crippen molar-refractivity contribution in [2.24, 2.45) is 0 Å². The third-order valence-electron chi connectivity index (χ3n) is 1.20. The number of hydrogen-bond acceptors (Lipinski definition) is 1. The summed E-state index contributed by atoms with van der Waals surface area (Å²) in [5.74, 6) is 0. The average Bonchev–Trinajstić information content (AvgIpc) is 1.85. The molecule has 8 heavy (non-hydrogen) atoms. The largest absolute Gasteiger partial charge is 0.145 e. The highest BCUT2D eigenvalue weighted by molar-refractivity contribution is 7.11. The van der Waals surface area contributed by atoms with E-state index >= 15 is 0 Å². The number of rotatable bonds is 0. The maximum atomic E-state index is 3.23. The number of thiophene rings is 1. The minimum absolute atomic E-state index is 1.29. The monoisotopic (exact) mass is 125 g/mol. The summed E-state index contributed by atoms with van der Waals surface area (Å²) >= 11 is 1.81. The highest BCUT2D eigenvalue weighted by Gasteiger charge is 1.94. The Morgan fingerprint density at radius 2 is 1.88 bits per heavy atom. The van der Waals surface area contributed by atoms with Gasteiger partial charge in [0.1, 0.15) is 0 Å². The van der Waals surface area contributed by atoms with Gasteiger partial charge in [0.15, 0.2) is 0 Å². The van der Waals surface area contributed by atoms with Gasteiger partial charge in [0.2, 0.25) is 0 Å². The van der Waals surface area contributed by atoms with E-state index in [1.165, 1.54) is 15.3 Å². The van der Waals surface area contributed by atoms with Crippen LogP contribution in [0.2, 0.25) is 0 Å². The third-order valence-corrected chi connectivity index (χ3v) is 2.22. The molecule has 0 aliphatic heterocycles. The predicted octanol–water partition coefficient (Wildman–Crippen LogP) is 2.47. The van der Waals surface area contributed by atoms with Crippen LogP contribution in [-0.2, 0) is 0 Å². The van der Waals surface area contributed by atoms with Crippen molar-refractivity contribution in [1.82, 2.24) is 0 Å². The fraction of sp³-hybridized carbons (Fsp3) is 0.429. The molecule has 0 unspecified atom stereocenters. The van der Waals surface area contributed by atoms with E-state index < -0.39 is 0 Å². The van der Waals surface area contributed by atoms with E-state index in [4.69, 9.17) is 0 Å². The lowest BCUT2D eigenvalue weighted by Crippen LogP contribution is -1.63. The average molecular weight is 125 g/mol. The molecule has 0 nitrogen and oxygen atoms in total. The Hall–Kier alpha value is -0.300. The highest BCUT2D eigenvalue weighted by atomic mass is 32.1. The first-order chi connectivity index (χ1) is 3.70. The van der Waals surface area contributed by atoms with E-state index in [1.807, 2.05) is 11.3 Å². The zero-order chi connectivity index (χ0) is 6.15. The third kappa shape index (κ3) is 0.920. The molecule has 1 heteroatoms. The van der Waals surface area contributed by atoms with Gasteiger partial charge in [-0.2, -0.15) is 0 Å². The Bertz CT molecular complexity index is 167. The lowest BCUT2D eigenvalue weighted by molar-refractivity contribution is 1.42. The van der Waals surface area contributed by atoms with Gasteiger partial charge in [-0.25, -0.2) is 0 Å². The first kappa shape index (κ1) is 5.83. The summed E-state index contributed by atoms with van der Waals surface area (Å²) in [4.78, 5) is 2.68. The van der Waals surface area contributed by atoms with Crippen molar-refractivity contribution in [1.29, 1.82) is 0 Å². The van der Waals surface area contributed by atoms with Crippen molar-refractivity contribution in [3.63, 3.8) is 0 Å². The Morgan fingerprint density at radius 3 is 2.00 bits per heavy atom. The maximum absolute atomic E-state index is 3.23. The Labute approximate surface area is 54.2 Å². The quantitative estimate of drug-likeness (QED) is 0.499. The summed E-state index contributed by atoms with van der Waals surface area (Å²) in [5.41, 5.74) is 1.30. The number of aryl methyl sites for hydroxylation is 3. The number of hydrogen-bond donors (Lipinski definition) is 0. The molecule has 1 rings (SSSR count). The molecule has 0 saturated heterocycles. The van der Waals surface area contributed by atoms with Crippen LogP contribution in [0.1, 0.15) is 15.3 Å². The van der Waals surface area contributed by atoms with E-state index in [-0.39, 0.29) is 0 Å². The van der Waals surface area contributed by atoms with Crippen LogP contribution in [0, 0.1) is 26.8 Å². The van der Waals surface area contributed by atoms with E-state index in [0.29, 0.717) is 0 Å². The van der Waals surface area contributed by atoms with Crippen LogP contribution in [-0.4, -0.2) is 0 Å². The lowest BCUT2D eigenvalue weighted by Gasteiger charge is -1.79. The van der Waals surface area contributed by atoms with Gasteiger partial charge in [0.25, 0.3) is 0 Å². The second-order valence-corrected chi connectivity index (χ2v) is 3.39. The summed E-state index contributed by atoms with van der Waals surface area (Å²) < 4.78 is 0. The minimum Gasteiger partial charge on any atom is -0.145 e. The van der Waals surface area contributed by atoms with E-state index in [2.05, 4.69) is 26.8 Å². The maximum Gasteiger partial charge on any atom is 0.00986 e. The van der Waals surface area contributed by atoms with Crippen LogP contribution in [0.25, 0.3) is 0 Å². The van der Waals surface area contributed by atoms with Crippen molar-refractivity contribution in [2.75, 3.05) is 0 Å². The molecule has 1 aromatic rings. The van der Waals surface area contributed by atoms with Crippen molar-refractivity contribution in [2.45, 2.75) is 20.8 Å². The van der Waals surface area contributed by atoms with Crippen LogP contribution in [0.15, 0.2) is 0 Å². The zero-order valence-corrected chi connectivity index (χ0v) is 6.22. The normalized spacial score (nSPS) is 9.88. The molecule has 0 aliphatic rings. The molecule has 0 atom stereocenters. The van der Waals surface area contributed by atoms with Crippen molar-refractivity contribution in [3.05, 3.63) is 21.4 Å². The first-order valence-corrected chi connectivity index (χ1v) is 3.47. The molecule has 0 spiro atoms. The van der Waals surface area contributed by atoms with Crippen LogP contribution in [0.5, 0.6) is 0 Å². The van der Waals surface area contributed by atoms with Gasteiger partial charge in [-0.1, -0.05) is 0 Å². The standard InChI is InChI=1S/C7H9S/c1-5-4-6(2)8-7(5)3/h1-3H3. The van der Waals surface area contributed by atoms with Crippen LogP contribution < -0.4 is 0 Å². The second kappa shape index (κ2) is 1.90. The summed E-state index contributed by atoms with van der Waals surface area (Å²) in [6, 6.07) is 3.23. The molecule has 0 aromatic carbocycles. The molecule has 0 fully saturated rings. The van der Waals surface area contributed by atoms with Gasteiger partial charge in [0, 0.05) is 9.75 Å². The van der Waals surface area contributed by atoms with Crippen molar-refractivity contribution in [3.8, 4) is 0 Å². The predicted molar refractivity (Wildman–Crippen MR) is 37.4 cm³/mol. The van der Waals surface area contributed by atoms with Gasteiger partial charge in [0.05, 0.1) is 0 Å². The fourth-order valence-corrected chi connectivity index (χ4v) is 1.55. The molecule has 0 N–H and O–H groups in total. The van der Waals surface area contributed by atoms with Crippen LogP contribution in [0.4, 0.5) is 0 Å². The lowest BCUT2D eigenvalue weighted by atomic mass is 10.3. The second-order valence-electron chi connectivity index (χ2n) is 1.96. The van der Waals surface area contributed by atoms with Crippen molar-refractivity contribution < 1.29 is 0 Å². The molecule has 0 bridgehead atoms. The van der Waals surface area contributed by atoms with Crippen molar-refractivity contribution >= 4 is 11.3 Å². The van der Waals surface area contributed by atoms with E-state index in [0.717, 1.165) is 0 Å². The first-order valence-electron chi connectivity index (χ1n) is 2.66. The van der Waals surface area contributed by atoms with Crippen LogP contribution >= 0.6 is 11.3 Å². The molecular formula is C7H9S. The van der Waals surface area contributed by atoms with Gasteiger partial charge < -0.3 is 0 Å². The minimum atomic E-state index is 1.29. The summed E-state index contributed by atoms with van der Waals surface area (Å²) in [7, 11) is 0. The van der Waals surface area contributed by atoms with Gasteiger partial charge in [-0.15, -0.1) is 11.3 Å². The molecule has 1 radical (unpaired) electrons. The molecule has 43 valence electrons. The van der Waals surface area contributed by atoms with E-state index in [1.54, 1.807) is 0 Å². The summed E-state index contributed by atoms with van der Waals surface area (Å²) in [6.45, 7) is 6.31. The van der Waals surface area contributed by atoms with Gasteiger partial charge in [-0.3, -0.25) is 0 Å². The molecular weight excluding hydrogens is 116 g/mol. The summed E-state index contributed by atoms with van der Waals surface area (Å²) in [6.07, 6.45) is 0. The Morgan fingerprint density at radius 1 is 1.25 bits per heavy atom. The highest BCUT2D eigenvalue weighted by Crippen LogP contribution is 2.17. The van der Waals surface area contributed by atoms with E-state index in [9.17, 15) is 0 Å². The molecule has 0 aliphatic carbocycles. The van der Waals surface area contributed by atoms with Crippen LogP contribution in [0.3, 0.4) is 0 Å². The summed E-state index contributed by atoms with van der Waals surface area (Å²) in [5, 5.41) is 0. The molecule has 0 amide bonds. The molecule has 1 heterocycles. The Balaban J connectivity index is 3.14. The van der Waals surface area contributed by atoms with Gasteiger partial charge >= 0.3 is 0 Å². The van der Waals surface area contributed by atoms with Gasteiger partial charge in [-0.05, 0) is 32.4 Å².